The van der Waals surface area contributed by atoms with Crippen molar-refractivity contribution in [3.05, 3.63) is 77.6 Å². The fourth-order valence-electron chi connectivity index (χ4n) is 4.39. The molecule has 1 fully saturated rings. The molecule has 0 atom stereocenters. The molecule has 7 heteroatoms. The molecule has 1 aliphatic carbocycles. The number of esters is 1. The fourth-order valence-corrected chi connectivity index (χ4v) is 4.39. The van der Waals surface area contributed by atoms with Gasteiger partial charge in [0.15, 0.2) is 23.1 Å². The maximum atomic E-state index is 14.7. The zero-order valence-electron chi connectivity index (χ0n) is 18.9. The molecule has 0 heterocycles. The second-order valence-electron chi connectivity index (χ2n) is 8.33. The van der Waals surface area contributed by atoms with E-state index < -0.39 is 35.1 Å². The van der Waals surface area contributed by atoms with E-state index in [0.717, 1.165) is 5.56 Å². The van der Waals surface area contributed by atoms with Gasteiger partial charge in [0, 0.05) is 5.56 Å². The molecule has 34 heavy (non-hydrogen) atoms. The predicted molar refractivity (Wildman–Crippen MR) is 122 cm³/mol. The first-order chi connectivity index (χ1) is 16.4. The summed E-state index contributed by atoms with van der Waals surface area (Å²) >= 11 is 0. The van der Waals surface area contributed by atoms with Gasteiger partial charge in [-0.05, 0) is 79.1 Å². The third kappa shape index (κ3) is 4.88. The topological polar surface area (TPSA) is 44.8 Å². The SMILES string of the molecule is COc1ccc(-c2ccc(OC(=O)C3CCC(c4ccc(OC)c(F)c4)CC3)c(F)c2F)cc1. The molecule has 3 aromatic carbocycles. The Bertz CT molecular complexity index is 1170. The van der Waals surface area contributed by atoms with Gasteiger partial charge in [-0.2, -0.15) is 4.39 Å². The lowest BCUT2D eigenvalue weighted by atomic mass is 9.78. The molecule has 0 aromatic heterocycles. The lowest BCUT2D eigenvalue weighted by molar-refractivity contribution is -0.140. The minimum atomic E-state index is -1.20. The van der Waals surface area contributed by atoms with E-state index >= 15 is 0 Å². The number of carbonyl (C=O) groups is 1. The third-order valence-electron chi connectivity index (χ3n) is 6.37. The Kier molecular flexibility index (Phi) is 7.10. The highest BCUT2D eigenvalue weighted by atomic mass is 19.2. The van der Waals surface area contributed by atoms with E-state index in [1.54, 1.807) is 30.3 Å². The molecule has 4 rings (SSSR count). The van der Waals surface area contributed by atoms with Crippen LogP contribution >= 0.6 is 0 Å². The second kappa shape index (κ2) is 10.2. The third-order valence-corrected chi connectivity index (χ3v) is 6.37. The summed E-state index contributed by atoms with van der Waals surface area (Å²) < 4.78 is 58.7. The molecule has 0 aliphatic heterocycles. The Balaban J connectivity index is 1.40. The van der Waals surface area contributed by atoms with Crippen molar-refractivity contribution >= 4 is 5.97 Å². The number of halogens is 3. The number of hydrogen-bond donors (Lipinski definition) is 0. The standard InChI is InChI=1S/C27H25F3O4/c1-32-20-10-7-17(8-11-20)21-12-14-24(26(30)25(21)29)34-27(31)18-5-3-16(4-6-18)19-9-13-23(33-2)22(28)15-19/h7-16,18H,3-6H2,1-2H3. The van der Waals surface area contributed by atoms with Gasteiger partial charge in [0.1, 0.15) is 5.75 Å². The van der Waals surface area contributed by atoms with Gasteiger partial charge in [-0.25, -0.2) is 8.78 Å². The lowest BCUT2D eigenvalue weighted by Gasteiger charge is -2.27. The first-order valence-corrected chi connectivity index (χ1v) is 11.1. The van der Waals surface area contributed by atoms with Crippen molar-refractivity contribution in [3.8, 4) is 28.4 Å². The van der Waals surface area contributed by atoms with E-state index in [4.69, 9.17) is 14.2 Å². The maximum Gasteiger partial charge on any atom is 0.314 e. The molecule has 178 valence electrons. The van der Waals surface area contributed by atoms with E-state index in [-0.39, 0.29) is 17.2 Å². The van der Waals surface area contributed by atoms with Gasteiger partial charge in [0.25, 0.3) is 0 Å². The molecule has 0 N–H and O–H groups in total. The lowest BCUT2D eigenvalue weighted by Crippen LogP contribution is -2.25. The summed E-state index contributed by atoms with van der Waals surface area (Å²) in [5.41, 5.74) is 1.39. The van der Waals surface area contributed by atoms with Gasteiger partial charge in [-0.15, -0.1) is 0 Å². The average Bonchev–Trinajstić information content (AvgIpc) is 2.87. The highest BCUT2D eigenvalue weighted by Gasteiger charge is 2.30. The summed E-state index contributed by atoms with van der Waals surface area (Å²) in [5.74, 6) is -3.25. The zero-order chi connectivity index (χ0) is 24.2. The molecule has 0 amide bonds. The van der Waals surface area contributed by atoms with E-state index in [0.29, 0.717) is 37.0 Å². The van der Waals surface area contributed by atoms with Crippen LogP contribution in [0.1, 0.15) is 37.2 Å². The van der Waals surface area contributed by atoms with E-state index in [9.17, 15) is 18.0 Å². The number of benzene rings is 3. The van der Waals surface area contributed by atoms with Crippen LogP contribution in [0.15, 0.2) is 54.6 Å². The molecule has 3 aromatic rings. The quantitative estimate of drug-likeness (QED) is 0.298. The van der Waals surface area contributed by atoms with Crippen LogP contribution in [0.3, 0.4) is 0 Å². The number of ether oxygens (including phenoxy) is 3. The molecule has 1 aliphatic rings. The van der Waals surface area contributed by atoms with Crippen LogP contribution in [0.4, 0.5) is 13.2 Å². The van der Waals surface area contributed by atoms with Gasteiger partial charge < -0.3 is 14.2 Å². The predicted octanol–water partition coefficient (Wildman–Crippen LogP) is 6.67. The molecular weight excluding hydrogens is 445 g/mol. The van der Waals surface area contributed by atoms with Crippen LogP contribution in [0.2, 0.25) is 0 Å². The van der Waals surface area contributed by atoms with Gasteiger partial charge >= 0.3 is 5.97 Å². The molecule has 1 saturated carbocycles. The first-order valence-electron chi connectivity index (χ1n) is 11.1. The second-order valence-corrected chi connectivity index (χ2v) is 8.33. The summed E-state index contributed by atoms with van der Waals surface area (Å²) in [7, 11) is 2.93. The number of hydrogen-bond acceptors (Lipinski definition) is 4. The average molecular weight is 470 g/mol. The van der Waals surface area contributed by atoms with Crippen LogP contribution in [0, 0.1) is 23.4 Å². The number of methoxy groups -OCH3 is 2. The molecular formula is C27H25F3O4. The summed E-state index contributed by atoms with van der Waals surface area (Å²) in [6.45, 7) is 0. The van der Waals surface area contributed by atoms with E-state index in [1.165, 1.54) is 32.4 Å². The van der Waals surface area contributed by atoms with Crippen LogP contribution < -0.4 is 14.2 Å². The van der Waals surface area contributed by atoms with Crippen molar-refractivity contribution in [1.82, 2.24) is 0 Å². The molecule has 0 saturated heterocycles. The summed E-state index contributed by atoms with van der Waals surface area (Å²) in [5, 5.41) is 0. The minimum absolute atomic E-state index is 0.0622. The zero-order valence-corrected chi connectivity index (χ0v) is 18.9. The van der Waals surface area contributed by atoms with Crippen molar-refractivity contribution < 1.29 is 32.2 Å². The number of carbonyl (C=O) groups excluding carboxylic acids is 1. The van der Waals surface area contributed by atoms with Gasteiger partial charge in [-0.1, -0.05) is 18.2 Å². The summed E-state index contributed by atoms with van der Waals surface area (Å²) in [6.07, 6.45) is 2.37. The normalized spacial score (nSPS) is 17.8. The van der Waals surface area contributed by atoms with Crippen LogP contribution in [-0.2, 0) is 4.79 Å². The smallest absolute Gasteiger partial charge is 0.314 e. The van der Waals surface area contributed by atoms with E-state index in [1.807, 2.05) is 6.07 Å². The van der Waals surface area contributed by atoms with Gasteiger partial charge in [-0.3, -0.25) is 4.79 Å². The Labute approximate surface area is 196 Å². The fraction of sp³-hybridized carbons (Fsp3) is 0.296. The maximum absolute atomic E-state index is 14.7. The Morgan fingerprint density at radius 2 is 1.47 bits per heavy atom. The van der Waals surface area contributed by atoms with Gasteiger partial charge in [0.2, 0.25) is 5.82 Å². The highest BCUT2D eigenvalue weighted by Crippen LogP contribution is 2.38. The Hall–Kier alpha value is -3.48. The monoisotopic (exact) mass is 470 g/mol. The highest BCUT2D eigenvalue weighted by molar-refractivity contribution is 5.76. The van der Waals surface area contributed by atoms with Crippen molar-refractivity contribution in [2.45, 2.75) is 31.6 Å². The first kappa shape index (κ1) is 23.7. The van der Waals surface area contributed by atoms with Crippen molar-refractivity contribution in [2.75, 3.05) is 14.2 Å². The summed E-state index contributed by atoms with van der Waals surface area (Å²) in [6, 6.07) is 14.1. The van der Waals surface area contributed by atoms with Crippen molar-refractivity contribution in [1.29, 1.82) is 0 Å². The Morgan fingerprint density at radius 1 is 0.794 bits per heavy atom. The molecule has 0 bridgehead atoms. The van der Waals surface area contributed by atoms with Crippen LogP contribution in [0.25, 0.3) is 11.1 Å². The molecule has 0 spiro atoms. The summed E-state index contributed by atoms with van der Waals surface area (Å²) in [4.78, 5) is 12.6. The minimum Gasteiger partial charge on any atom is -0.497 e. The molecule has 0 unspecified atom stereocenters. The van der Waals surface area contributed by atoms with E-state index in [2.05, 4.69) is 0 Å². The largest absolute Gasteiger partial charge is 0.497 e. The van der Waals surface area contributed by atoms with Gasteiger partial charge in [0.05, 0.1) is 20.1 Å². The molecule has 4 nitrogen and oxygen atoms in total. The van der Waals surface area contributed by atoms with Crippen LogP contribution in [-0.4, -0.2) is 20.2 Å². The molecule has 0 radical (unpaired) electrons. The Morgan fingerprint density at radius 3 is 2.09 bits per heavy atom. The number of rotatable bonds is 6. The van der Waals surface area contributed by atoms with Crippen molar-refractivity contribution in [3.63, 3.8) is 0 Å². The van der Waals surface area contributed by atoms with Crippen molar-refractivity contribution in [2.24, 2.45) is 5.92 Å². The van der Waals surface area contributed by atoms with Crippen LogP contribution in [0.5, 0.6) is 17.2 Å².